The van der Waals surface area contributed by atoms with Gasteiger partial charge in [-0.15, -0.1) is 0 Å². The molecule has 2 bridgehead atoms. The number of amides is 1. The van der Waals surface area contributed by atoms with Crippen LogP contribution in [0.5, 0.6) is 5.75 Å². The number of benzene rings is 2. The highest BCUT2D eigenvalue weighted by atomic mass is 35.5. The van der Waals surface area contributed by atoms with E-state index in [0.29, 0.717) is 49.0 Å². The first-order valence-electron chi connectivity index (χ1n) is 17.5. The van der Waals surface area contributed by atoms with E-state index in [1.165, 1.54) is 0 Å². The Balaban J connectivity index is 1.58. The Hall–Kier alpha value is -3.08. The molecular formula is C38H51ClN2O7S. The molecule has 1 amide bonds. The fourth-order valence-electron chi connectivity index (χ4n) is 7.18. The van der Waals surface area contributed by atoms with Gasteiger partial charge in [0.2, 0.25) is 10.0 Å². The first-order valence-corrected chi connectivity index (χ1v) is 19.4. The summed E-state index contributed by atoms with van der Waals surface area (Å²) >= 11 is 6.35. The zero-order valence-electron chi connectivity index (χ0n) is 29.5. The van der Waals surface area contributed by atoms with Crippen LogP contribution in [0.4, 0.5) is 5.69 Å². The van der Waals surface area contributed by atoms with Gasteiger partial charge in [-0.3, -0.25) is 9.59 Å². The Bertz CT molecular complexity index is 1690. The van der Waals surface area contributed by atoms with Gasteiger partial charge in [0.05, 0.1) is 22.5 Å². The van der Waals surface area contributed by atoms with Crippen LogP contribution in [-0.4, -0.2) is 54.9 Å². The molecule has 2 aromatic rings. The summed E-state index contributed by atoms with van der Waals surface area (Å²) < 4.78 is 41.3. The zero-order valence-corrected chi connectivity index (χ0v) is 31.1. The maximum Gasteiger partial charge on any atom is 0.312 e. The molecule has 0 saturated heterocycles. The molecule has 6 atom stereocenters. The molecule has 49 heavy (non-hydrogen) atoms. The Morgan fingerprint density at radius 2 is 1.88 bits per heavy atom. The summed E-state index contributed by atoms with van der Waals surface area (Å²) in [5.74, 6) is -2.09. The van der Waals surface area contributed by atoms with Crippen LogP contribution in [0.1, 0.15) is 95.1 Å². The largest absolute Gasteiger partial charge is 0.487 e. The highest BCUT2D eigenvalue weighted by molar-refractivity contribution is 7.90. The number of aliphatic hydroxyl groups is 1. The van der Waals surface area contributed by atoms with Gasteiger partial charge >= 0.3 is 5.97 Å². The van der Waals surface area contributed by atoms with Crippen molar-refractivity contribution < 1.29 is 32.6 Å². The second kappa shape index (κ2) is 14.6. The van der Waals surface area contributed by atoms with E-state index in [2.05, 4.69) is 9.62 Å². The summed E-state index contributed by atoms with van der Waals surface area (Å²) in [6.07, 6.45) is 7.93. The van der Waals surface area contributed by atoms with Crippen molar-refractivity contribution in [3.8, 4) is 5.75 Å². The third kappa shape index (κ3) is 8.46. The molecule has 2 aliphatic heterocycles. The van der Waals surface area contributed by atoms with Crippen molar-refractivity contribution in [2.45, 2.75) is 103 Å². The highest BCUT2D eigenvalue weighted by Crippen LogP contribution is 2.48. The van der Waals surface area contributed by atoms with Gasteiger partial charge in [0.1, 0.15) is 18.0 Å². The molecule has 5 rings (SSSR count). The Kier molecular flexibility index (Phi) is 11.1. The summed E-state index contributed by atoms with van der Waals surface area (Å²) in [6, 6.07) is 10.9. The quantitative estimate of drug-likeness (QED) is 0.256. The van der Waals surface area contributed by atoms with Gasteiger partial charge in [-0.1, -0.05) is 36.7 Å². The van der Waals surface area contributed by atoms with E-state index < -0.39 is 44.3 Å². The number of ether oxygens (including phenoxy) is 2. The molecule has 0 unspecified atom stereocenters. The molecule has 2 N–H and O–H groups in total. The Morgan fingerprint density at radius 1 is 1.12 bits per heavy atom. The fourth-order valence-corrected chi connectivity index (χ4v) is 8.66. The molecule has 1 fully saturated rings. The number of esters is 1. The van der Waals surface area contributed by atoms with Crippen LogP contribution in [0.25, 0.3) is 0 Å². The standard InChI is InChI=1S/C38H51ClN2O7S/c1-24-10-9-18-38(44,25(2)36(43)48-37(4,5)6)32-16-13-29(32)22-41-19-8-7-11-27-20-31(39)15-12-30(27)23-47-34-17-14-28(21-33(34)41)35(42)40-49(45,46)26(24)3/h9,12,14-15,17-18,20-21,24-26,29,32,44H,7-8,10-11,13,16,19,22-23H2,1-6H3,(H,40,42)/b18-9+/t24-,25-,26+,29-,32+,38-/m0/s1. The number of allylic oxidation sites excluding steroid dienone is 1. The average molecular weight is 715 g/mol. The summed E-state index contributed by atoms with van der Waals surface area (Å²) in [5, 5.41) is 12.3. The minimum Gasteiger partial charge on any atom is -0.487 e. The van der Waals surface area contributed by atoms with Crippen molar-refractivity contribution in [3.63, 3.8) is 0 Å². The minimum absolute atomic E-state index is 0.0237. The number of aryl methyl sites for hydroxylation is 1. The maximum absolute atomic E-state index is 13.5. The van der Waals surface area contributed by atoms with Gasteiger partial charge in [-0.25, -0.2) is 13.1 Å². The van der Waals surface area contributed by atoms with Crippen molar-refractivity contribution >= 4 is 39.2 Å². The molecular weight excluding hydrogens is 664 g/mol. The number of halogens is 1. The SMILES string of the molecule is C[C@@H]1[C@@H](C)C/C=C/[C@](O)([C@@H](C)C(=O)OC(C)(C)C)[C@@H]2CC[C@H]2CN2CCCCc3cc(Cl)ccc3COc3ccc(cc32)C(=O)NS1(=O)=O. The predicted molar refractivity (Wildman–Crippen MR) is 192 cm³/mol. The number of sulfonamides is 1. The van der Waals surface area contributed by atoms with E-state index in [0.717, 1.165) is 36.8 Å². The number of hydrogen-bond donors (Lipinski definition) is 2. The second-order valence-corrected chi connectivity index (χ2v) is 17.6. The number of anilines is 1. The van der Waals surface area contributed by atoms with E-state index in [4.69, 9.17) is 21.1 Å². The summed E-state index contributed by atoms with van der Waals surface area (Å²) in [5.41, 5.74) is 0.810. The third-order valence-corrected chi connectivity index (χ3v) is 12.7. The lowest BCUT2D eigenvalue weighted by Crippen LogP contribution is -2.55. The van der Waals surface area contributed by atoms with Crippen molar-refractivity contribution in [1.29, 1.82) is 0 Å². The Morgan fingerprint density at radius 3 is 2.57 bits per heavy atom. The summed E-state index contributed by atoms with van der Waals surface area (Å²) in [7, 11) is -4.05. The topological polar surface area (TPSA) is 122 Å². The first-order chi connectivity index (χ1) is 23.0. The smallest absolute Gasteiger partial charge is 0.312 e. The van der Waals surface area contributed by atoms with E-state index in [1.54, 1.807) is 71.9 Å². The second-order valence-electron chi connectivity index (χ2n) is 15.2. The highest BCUT2D eigenvalue weighted by Gasteiger charge is 2.51. The van der Waals surface area contributed by atoms with Gasteiger partial charge in [0.15, 0.2) is 0 Å². The monoisotopic (exact) mass is 714 g/mol. The predicted octanol–water partition coefficient (Wildman–Crippen LogP) is 6.84. The number of carbonyl (C=O) groups excluding carboxylic acids is 2. The van der Waals surface area contributed by atoms with Crippen LogP contribution in [0.15, 0.2) is 48.6 Å². The van der Waals surface area contributed by atoms with Gasteiger partial charge in [0, 0.05) is 23.7 Å². The zero-order chi connectivity index (χ0) is 35.7. The van der Waals surface area contributed by atoms with Gasteiger partial charge in [-0.2, -0.15) is 0 Å². The molecule has 2 heterocycles. The van der Waals surface area contributed by atoms with E-state index >= 15 is 0 Å². The normalized spacial score (nSPS) is 29.0. The molecule has 1 aliphatic carbocycles. The van der Waals surface area contributed by atoms with Gasteiger partial charge in [0.25, 0.3) is 5.91 Å². The molecule has 11 heteroatoms. The molecule has 3 aliphatic rings. The first kappa shape index (κ1) is 37.2. The number of nitrogens with zero attached hydrogens (tertiary/aromatic N) is 1. The molecule has 268 valence electrons. The third-order valence-electron chi connectivity index (χ3n) is 10.6. The van der Waals surface area contributed by atoms with Crippen molar-refractivity contribution in [3.05, 3.63) is 70.3 Å². The maximum atomic E-state index is 13.5. The number of hydrogen-bond acceptors (Lipinski definition) is 8. The number of rotatable bonds is 2. The van der Waals surface area contributed by atoms with Gasteiger partial charge < -0.3 is 19.5 Å². The molecule has 9 nitrogen and oxygen atoms in total. The number of fused-ring (bicyclic) bond motifs is 3. The fraction of sp³-hybridized carbons (Fsp3) is 0.579. The molecule has 0 aromatic heterocycles. The molecule has 2 aromatic carbocycles. The Labute approximate surface area is 296 Å². The van der Waals surface area contributed by atoms with Crippen LogP contribution in [0.2, 0.25) is 5.02 Å². The van der Waals surface area contributed by atoms with Crippen LogP contribution < -0.4 is 14.4 Å². The lowest BCUT2D eigenvalue weighted by molar-refractivity contribution is -0.173. The van der Waals surface area contributed by atoms with Crippen LogP contribution in [0, 0.1) is 23.7 Å². The lowest BCUT2D eigenvalue weighted by atomic mass is 9.60. The summed E-state index contributed by atoms with van der Waals surface area (Å²) in [6.45, 7) is 12.0. The van der Waals surface area contributed by atoms with E-state index in [-0.39, 0.29) is 23.3 Å². The van der Waals surface area contributed by atoms with Gasteiger partial charge in [-0.05, 0) is 132 Å². The van der Waals surface area contributed by atoms with E-state index in [1.807, 2.05) is 18.2 Å². The van der Waals surface area contributed by atoms with E-state index in [9.17, 15) is 23.1 Å². The lowest BCUT2D eigenvalue weighted by Gasteiger charge is -2.50. The van der Waals surface area contributed by atoms with Crippen LogP contribution >= 0.6 is 11.6 Å². The van der Waals surface area contributed by atoms with Crippen molar-refractivity contribution in [2.75, 3.05) is 18.0 Å². The molecule has 1 saturated carbocycles. The summed E-state index contributed by atoms with van der Waals surface area (Å²) in [4.78, 5) is 29.1. The van der Waals surface area contributed by atoms with Crippen molar-refractivity contribution in [1.82, 2.24) is 4.72 Å². The number of nitrogens with one attached hydrogen (secondary N) is 1. The molecule has 0 spiro atoms. The molecule has 0 radical (unpaired) electrons. The van der Waals surface area contributed by atoms with Crippen molar-refractivity contribution in [2.24, 2.45) is 23.7 Å². The average Bonchev–Trinajstić information content (AvgIpc) is 3.03. The minimum atomic E-state index is -4.05. The van der Waals surface area contributed by atoms with Crippen LogP contribution in [0.3, 0.4) is 0 Å². The number of carbonyl (C=O) groups is 2. The van der Waals surface area contributed by atoms with Crippen LogP contribution in [-0.2, 0) is 32.6 Å².